The summed E-state index contributed by atoms with van der Waals surface area (Å²) in [6, 6.07) is 7.51. The first-order valence-electron chi connectivity index (χ1n) is 4.49. The molecule has 0 atom stereocenters. The van der Waals surface area contributed by atoms with E-state index in [0.29, 0.717) is 12.8 Å². The number of halogens is 1. The van der Waals surface area contributed by atoms with Crippen LogP contribution in [-0.2, 0) is 17.6 Å². The van der Waals surface area contributed by atoms with Crippen molar-refractivity contribution in [3.8, 4) is 6.07 Å². The third kappa shape index (κ3) is 3.72. The topological polar surface area (TPSA) is 61.1 Å². The van der Waals surface area contributed by atoms with Gasteiger partial charge in [0.15, 0.2) is 0 Å². The Hall–Kier alpha value is -1.34. The van der Waals surface area contributed by atoms with E-state index in [1.54, 1.807) is 12.1 Å². The lowest BCUT2D eigenvalue weighted by Crippen LogP contribution is -2.00. The number of aryl methyl sites for hydroxylation is 1. The second-order valence-electron chi connectivity index (χ2n) is 3.15. The number of carboxylic acids is 1. The van der Waals surface area contributed by atoms with Crippen molar-refractivity contribution in [3.05, 3.63) is 33.8 Å². The number of nitriles is 1. The monoisotopic (exact) mass is 267 g/mol. The summed E-state index contributed by atoms with van der Waals surface area (Å²) in [6.07, 6.45) is 1.18. The number of nitrogens with zero attached hydrogens (tertiary/aromatic N) is 1. The van der Waals surface area contributed by atoms with Gasteiger partial charge >= 0.3 is 5.97 Å². The summed E-state index contributed by atoms with van der Waals surface area (Å²) in [7, 11) is 0. The Morgan fingerprint density at radius 2 is 2.27 bits per heavy atom. The molecule has 0 aliphatic heterocycles. The van der Waals surface area contributed by atoms with Gasteiger partial charge in [-0.1, -0.05) is 28.1 Å². The molecule has 0 aliphatic rings. The SMILES string of the molecule is N#CCCc1ccc(CC(=O)O)cc1Br. The van der Waals surface area contributed by atoms with E-state index in [1.807, 2.05) is 6.07 Å². The van der Waals surface area contributed by atoms with E-state index in [1.165, 1.54) is 0 Å². The van der Waals surface area contributed by atoms with E-state index < -0.39 is 5.97 Å². The number of aliphatic carboxylic acids is 1. The zero-order chi connectivity index (χ0) is 11.3. The van der Waals surface area contributed by atoms with Crippen LogP contribution in [0.2, 0.25) is 0 Å². The van der Waals surface area contributed by atoms with Crippen molar-refractivity contribution in [1.82, 2.24) is 0 Å². The van der Waals surface area contributed by atoms with E-state index >= 15 is 0 Å². The predicted molar refractivity (Wildman–Crippen MR) is 59.4 cm³/mol. The maximum Gasteiger partial charge on any atom is 0.307 e. The fourth-order valence-corrected chi connectivity index (χ4v) is 1.89. The average molecular weight is 268 g/mol. The molecule has 0 amide bonds. The van der Waals surface area contributed by atoms with E-state index in [4.69, 9.17) is 10.4 Å². The van der Waals surface area contributed by atoms with Crippen molar-refractivity contribution in [1.29, 1.82) is 5.26 Å². The van der Waals surface area contributed by atoms with E-state index in [9.17, 15) is 4.79 Å². The van der Waals surface area contributed by atoms with Gasteiger partial charge in [-0.05, 0) is 23.6 Å². The zero-order valence-electron chi connectivity index (χ0n) is 8.03. The van der Waals surface area contributed by atoms with Crippen molar-refractivity contribution in [2.75, 3.05) is 0 Å². The highest BCUT2D eigenvalue weighted by Crippen LogP contribution is 2.20. The predicted octanol–water partition coefficient (Wildman–Crippen LogP) is 2.53. The molecule has 0 bridgehead atoms. The molecular weight excluding hydrogens is 258 g/mol. The van der Waals surface area contributed by atoms with Gasteiger partial charge < -0.3 is 5.11 Å². The van der Waals surface area contributed by atoms with Crippen molar-refractivity contribution in [3.63, 3.8) is 0 Å². The molecule has 0 saturated carbocycles. The molecule has 0 fully saturated rings. The molecule has 1 aromatic carbocycles. The van der Waals surface area contributed by atoms with Crippen molar-refractivity contribution < 1.29 is 9.90 Å². The molecule has 0 unspecified atom stereocenters. The average Bonchev–Trinajstić information content (AvgIpc) is 2.15. The van der Waals surface area contributed by atoms with Gasteiger partial charge in [-0.15, -0.1) is 0 Å². The van der Waals surface area contributed by atoms with Gasteiger partial charge in [0.05, 0.1) is 12.5 Å². The van der Waals surface area contributed by atoms with E-state index in [2.05, 4.69) is 22.0 Å². The Morgan fingerprint density at radius 3 is 2.80 bits per heavy atom. The summed E-state index contributed by atoms with van der Waals surface area (Å²) in [5, 5.41) is 17.1. The normalized spacial score (nSPS) is 9.60. The summed E-state index contributed by atoms with van der Waals surface area (Å²) in [6.45, 7) is 0. The van der Waals surface area contributed by atoms with Gasteiger partial charge in [0.2, 0.25) is 0 Å². The molecule has 0 aromatic heterocycles. The Morgan fingerprint density at radius 1 is 1.53 bits per heavy atom. The standard InChI is InChI=1S/C11H10BrNO2/c12-10-6-8(7-11(14)15)3-4-9(10)2-1-5-13/h3-4,6H,1-2,7H2,(H,14,15). The third-order valence-electron chi connectivity index (χ3n) is 1.98. The maximum atomic E-state index is 10.5. The van der Waals surface area contributed by atoms with Crippen LogP contribution < -0.4 is 0 Å². The van der Waals surface area contributed by atoms with Crippen molar-refractivity contribution >= 4 is 21.9 Å². The number of hydrogen-bond donors (Lipinski definition) is 1. The second-order valence-corrected chi connectivity index (χ2v) is 4.01. The molecule has 15 heavy (non-hydrogen) atoms. The van der Waals surface area contributed by atoms with Crippen LogP contribution in [0, 0.1) is 11.3 Å². The molecule has 0 spiro atoms. The summed E-state index contributed by atoms with van der Waals surface area (Å²) in [5.74, 6) is -0.841. The van der Waals surface area contributed by atoms with Gasteiger partial charge in [-0.2, -0.15) is 5.26 Å². The first kappa shape index (κ1) is 11.7. The number of carbonyl (C=O) groups is 1. The number of rotatable bonds is 4. The third-order valence-corrected chi connectivity index (χ3v) is 2.72. The van der Waals surface area contributed by atoms with Crippen LogP contribution in [0.15, 0.2) is 22.7 Å². The summed E-state index contributed by atoms with van der Waals surface area (Å²) in [4.78, 5) is 10.5. The minimum absolute atomic E-state index is 0.0249. The fraction of sp³-hybridized carbons (Fsp3) is 0.273. The molecule has 0 saturated heterocycles. The Kier molecular flexibility index (Phi) is 4.32. The highest BCUT2D eigenvalue weighted by Gasteiger charge is 2.04. The molecule has 0 heterocycles. The largest absolute Gasteiger partial charge is 0.481 e. The maximum absolute atomic E-state index is 10.5. The Balaban J connectivity index is 2.79. The van der Waals surface area contributed by atoms with Crippen LogP contribution in [-0.4, -0.2) is 11.1 Å². The smallest absolute Gasteiger partial charge is 0.307 e. The molecule has 1 rings (SSSR count). The van der Waals surface area contributed by atoms with Crippen LogP contribution in [0.5, 0.6) is 0 Å². The number of carboxylic acid groups (broad SMARTS) is 1. The van der Waals surface area contributed by atoms with Crippen LogP contribution in [0.3, 0.4) is 0 Å². The van der Waals surface area contributed by atoms with E-state index in [-0.39, 0.29) is 6.42 Å². The first-order chi connectivity index (χ1) is 7.13. The minimum atomic E-state index is -0.841. The van der Waals surface area contributed by atoms with Crippen LogP contribution in [0.4, 0.5) is 0 Å². The van der Waals surface area contributed by atoms with E-state index in [0.717, 1.165) is 15.6 Å². The highest BCUT2D eigenvalue weighted by molar-refractivity contribution is 9.10. The molecule has 0 aliphatic carbocycles. The molecule has 1 aromatic rings. The fourth-order valence-electron chi connectivity index (χ4n) is 1.27. The van der Waals surface area contributed by atoms with Gasteiger partial charge in [0, 0.05) is 10.9 Å². The van der Waals surface area contributed by atoms with Gasteiger partial charge in [0.25, 0.3) is 0 Å². The Labute approximate surface area is 96.5 Å². The molecule has 1 N–H and O–H groups in total. The number of hydrogen-bond acceptors (Lipinski definition) is 2. The van der Waals surface area contributed by atoms with Crippen molar-refractivity contribution in [2.45, 2.75) is 19.3 Å². The minimum Gasteiger partial charge on any atom is -0.481 e. The van der Waals surface area contributed by atoms with Gasteiger partial charge in [0.1, 0.15) is 0 Å². The highest BCUT2D eigenvalue weighted by atomic mass is 79.9. The molecule has 3 nitrogen and oxygen atoms in total. The lowest BCUT2D eigenvalue weighted by Gasteiger charge is -2.04. The number of benzene rings is 1. The van der Waals surface area contributed by atoms with Crippen LogP contribution in [0.25, 0.3) is 0 Å². The Bertz CT molecular complexity index is 410. The molecule has 0 radical (unpaired) electrons. The summed E-state index contributed by atoms with van der Waals surface area (Å²) >= 11 is 3.36. The zero-order valence-corrected chi connectivity index (χ0v) is 9.62. The quantitative estimate of drug-likeness (QED) is 0.912. The van der Waals surface area contributed by atoms with Crippen molar-refractivity contribution in [2.24, 2.45) is 0 Å². The first-order valence-corrected chi connectivity index (χ1v) is 5.29. The summed E-state index contributed by atoms with van der Waals surface area (Å²) in [5.41, 5.74) is 1.79. The van der Waals surface area contributed by atoms with Crippen LogP contribution >= 0.6 is 15.9 Å². The van der Waals surface area contributed by atoms with Crippen LogP contribution in [0.1, 0.15) is 17.5 Å². The molecular formula is C11H10BrNO2. The lowest BCUT2D eigenvalue weighted by atomic mass is 10.1. The molecule has 4 heteroatoms. The van der Waals surface area contributed by atoms with Gasteiger partial charge in [-0.3, -0.25) is 4.79 Å². The van der Waals surface area contributed by atoms with Gasteiger partial charge in [-0.25, -0.2) is 0 Å². The molecule has 78 valence electrons. The summed E-state index contributed by atoms with van der Waals surface area (Å²) < 4.78 is 0.872. The second kappa shape index (κ2) is 5.52. The lowest BCUT2D eigenvalue weighted by molar-refractivity contribution is -0.136.